The molecule has 0 aromatic heterocycles. The third-order valence-electron chi connectivity index (χ3n) is 4.10. The molecular formula is C15H21BrClN3O. The van der Waals surface area contributed by atoms with Crippen LogP contribution in [0.25, 0.3) is 0 Å². The van der Waals surface area contributed by atoms with Gasteiger partial charge in [0, 0.05) is 23.6 Å². The van der Waals surface area contributed by atoms with E-state index in [0.29, 0.717) is 0 Å². The summed E-state index contributed by atoms with van der Waals surface area (Å²) >= 11 is 3.59. The Hall–Kier alpha value is -0.780. The standard InChI is InChI=1S/C15H20BrN3O.ClH/c16-12-4-1-2-6-14(12)19-9-7-11(10-19)18-15(20)13-5-3-8-17-13;/h1-2,4,6,11,13,17H,3,5,7-10H2,(H,18,20);1H. The van der Waals surface area contributed by atoms with E-state index in [1.807, 2.05) is 6.07 Å². The Morgan fingerprint density at radius 2 is 2.14 bits per heavy atom. The molecule has 2 atom stereocenters. The van der Waals surface area contributed by atoms with Gasteiger partial charge in [-0.2, -0.15) is 0 Å². The van der Waals surface area contributed by atoms with E-state index in [9.17, 15) is 4.79 Å². The molecule has 0 saturated carbocycles. The lowest BCUT2D eigenvalue weighted by Crippen LogP contribution is -2.46. The number of halogens is 2. The summed E-state index contributed by atoms with van der Waals surface area (Å²) in [5.74, 6) is 0.168. The average molecular weight is 375 g/mol. The number of anilines is 1. The van der Waals surface area contributed by atoms with Gasteiger partial charge in [0.05, 0.1) is 11.7 Å². The number of carbonyl (C=O) groups is 1. The number of hydrogen-bond acceptors (Lipinski definition) is 3. The minimum atomic E-state index is 0. The fourth-order valence-electron chi connectivity index (χ4n) is 3.02. The molecule has 1 aromatic rings. The van der Waals surface area contributed by atoms with Crippen molar-refractivity contribution in [3.63, 3.8) is 0 Å². The second-order valence-electron chi connectivity index (χ2n) is 5.54. The molecule has 4 nitrogen and oxygen atoms in total. The van der Waals surface area contributed by atoms with Crippen LogP contribution in [0.5, 0.6) is 0 Å². The number of hydrogen-bond donors (Lipinski definition) is 2. The molecule has 6 heteroatoms. The normalized spacial score (nSPS) is 24.7. The lowest BCUT2D eigenvalue weighted by atomic mass is 10.2. The van der Waals surface area contributed by atoms with Gasteiger partial charge in [0.15, 0.2) is 0 Å². The highest BCUT2D eigenvalue weighted by atomic mass is 79.9. The number of rotatable bonds is 3. The first-order valence-electron chi connectivity index (χ1n) is 7.27. The number of nitrogens with one attached hydrogen (secondary N) is 2. The molecule has 2 saturated heterocycles. The first-order valence-corrected chi connectivity index (χ1v) is 8.06. The van der Waals surface area contributed by atoms with Crippen LogP contribution in [0.1, 0.15) is 19.3 Å². The summed E-state index contributed by atoms with van der Waals surface area (Å²) < 4.78 is 1.12. The quantitative estimate of drug-likeness (QED) is 0.853. The molecule has 2 aliphatic heterocycles. The zero-order chi connectivity index (χ0) is 13.9. The van der Waals surface area contributed by atoms with Crippen molar-refractivity contribution in [2.45, 2.75) is 31.3 Å². The summed E-state index contributed by atoms with van der Waals surface area (Å²) in [7, 11) is 0. The first-order chi connectivity index (χ1) is 9.74. The van der Waals surface area contributed by atoms with Crippen molar-refractivity contribution in [2.24, 2.45) is 0 Å². The molecule has 1 amide bonds. The second-order valence-corrected chi connectivity index (χ2v) is 6.39. The highest BCUT2D eigenvalue weighted by Crippen LogP contribution is 2.28. The van der Waals surface area contributed by atoms with E-state index in [1.165, 1.54) is 5.69 Å². The Labute approximate surface area is 140 Å². The number of benzene rings is 1. The third kappa shape index (κ3) is 3.90. The monoisotopic (exact) mass is 373 g/mol. The molecule has 2 heterocycles. The summed E-state index contributed by atoms with van der Waals surface area (Å²) in [5.41, 5.74) is 1.21. The SMILES string of the molecule is Cl.O=C(NC1CCN(c2ccccc2Br)C1)C1CCCN1. The van der Waals surface area contributed by atoms with Crippen LogP contribution < -0.4 is 15.5 Å². The van der Waals surface area contributed by atoms with E-state index in [-0.39, 0.29) is 30.4 Å². The van der Waals surface area contributed by atoms with E-state index >= 15 is 0 Å². The Balaban J connectivity index is 0.00000161. The maximum absolute atomic E-state index is 12.1. The van der Waals surface area contributed by atoms with E-state index in [4.69, 9.17) is 0 Å². The molecule has 2 fully saturated rings. The van der Waals surface area contributed by atoms with Gasteiger partial charge in [-0.3, -0.25) is 4.79 Å². The van der Waals surface area contributed by atoms with E-state index in [0.717, 1.165) is 43.4 Å². The van der Waals surface area contributed by atoms with Crippen LogP contribution in [0.3, 0.4) is 0 Å². The van der Waals surface area contributed by atoms with Gasteiger partial charge in [-0.15, -0.1) is 12.4 Å². The van der Waals surface area contributed by atoms with Gasteiger partial charge in [-0.25, -0.2) is 0 Å². The molecule has 0 spiro atoms. The number of nitrogens with zero attached hydrogens (tertiary/aromatic N) is 1. The van der Waals surface area contributed by atoms with Gasteiger partial charge in [0.25, 0.3) is 0 Å². The van der Waals surface area contributed by atoms with Crippen molar-refractivity contribution in [2.75, 3.05) is 24.5 Å². The molecular weight excluding hydrogens is 354 g/mol. The Bertz CT molecular complexity index is 494. The van der Waals surface area contributed by atoms with Crippen molar-refractivity contribution in [1.82, 2.24) is 10.6 Å². The van der Waals surface area contributed by atoms with Crippen molar-refractivity contribution in [3.05, 3.63) is 28.7 Å². The highest BCUT2D eigenvalue weighted by molar-refractivity contribution is 9.10. The molecule has 2 aliphatic rings. The largest absolute Gasteiger partial charge is 0.368 e. The molecule has 0 aliphatic carbocycles. The van der Waals surface area contributed by atoms with Crippen LogP contribution in [0.2, 0.25) is 0 Å². The summed E-state index contributed by atoms with van der Waals surface area (Å²) in [6.07, 6.45) is 3.08. The summed E-state index contributed by atoms with van der Waals surface area (Å²) in [4.78, 5) is 14.4. The summed E-state index contributed by atoms with van der Waals surface area (Å²) in [6, 6.07) is 8.53. The highest BCUT2D eigenvalue weighted by Gasteiger charge is 2.28. The molecule has 3 rings (SSSR count). The fourth-order valence-corrected chi connectivity index (χ4v) is 3.55. The van der Waals surface area contributed by atoms with E-state index in [1.54, 1.807) is 0 Å². The molecule has 2 unspecified atom stereocenters. The Kier molecular flexibility index (Phi) is 5.90. The molecule has 0 bridgehead atoms. The Morgan fingerprint density at radius 3 is 2.86 bits per heavy atom. The summed E-state index contributed by atoms with van der Waals surface area (Å²) in [5, 5.41) is 6.43. The van der Waals surface area contributed by atoms with E-state index < -0.39 is 0 Å². The number of amides is 1. The van der Waals surface area contributed by atoms with Gasteiger partial charge in [-0.05, 0) is 53.9 Å². The van der Waals surface area contributed by atoms with Crippen molar-refractivity contribution >= 4 is 39.9 Å². The van der Waals surface area contributed by atoms with Gasteiger partial charge in [0.2, 0.25) is 5.91 Å². The van der Waals surface area contributed by atoms with Crippen LogP contribution in [-0.2, 0) is 4.79 Å². The third-order valence-corrected chi connectivity index (χ3v) is 4.78. The predicted molar refractivity (Wildman–Crippen MR) is 91.2 cm³/mol. The maximum atomic E-state index is 12.1. The van der Waals surface area contributed by atoms with Crippen LogP contribution in [0.4, 0.5) is 5.69 Å². The fraction of sp³-hybridized carbons (Fsp3) is 0.533. The second kappa shape index (κ2) is 7.47. The minimum absolute atomic E-state index is 0. The van der Waals surface area contributed by atoms with Crippen LogP contribution >= 0.6 is 28.3 Å². The minimum Gasteiger partial charge on any atom is -0.368 e. The van der Waals surface area contributed by atoms with E-state index in [2.05, 4.69) is 49.7 Å². The van der Waals surface area contributed by atoms with Crippen LogP contribution in [0.15, 0.2) is 28.7 Å². The summed E-state index contributed by atoms with van der Waals surface area (Å²) in [6.45, 7) is 2.85. The van der Waals surface area contributed by atoms with Crippen LogP contribution in [-0.4, -0.2) is 37.6 Å². The smallest absolute Gasteiger partial charge is 0.237 e. The lowest BCUT2D eigenvalue weighted by molar-refractivity contribution is -0.123. The zero-order valence-electron chi connectivity index (χ0n) is 11.8. The topological polar surface area (TPSA) is 44.4 Å². The predicted octanol–water partition coefficient (Wildman–Crippen LogP) is 2.32. The maximum Gasteiger partial charge on any atom is 0.237 e. The first kappa shape index (κ1) is 16.6. The van der Waals surface area contributed by atoms with Gasteiger partial charge in [-0.1, -0.05) is 12.1 Å². The van der Waals surface area contributed by atoms with Crippen molar-refractivity contribution in [3.8, 4) is 0 Å². The molecule has 21 heavy (non-hydrogen) atoms. The van der Waals surface area contributed by atoms with Crippen molar-refractivity contribution < 1.29 is 4.79 Å². The van der Waals surface area contributed by atoms with Gasteiger partial charge < -0.3 is 15.5 Å². The molecule has 0 radical (unpaired) electrons. The van der Waals surface area contributed by atoms with Gasteiger partial charge in [0.1, 0.15) is 0 Å². The lowest BCUT2D eigenvalue weighted by Gasteiger charge is -2.21. The van der Waals surface area contributed by atoms with Crippen LogP contribution in [0, 0.1) is 0 Å². The average Bonchev–Trinajstić information content (AvgIpc) is 3.10. The van der Waals surface area contributed by atoms with Crippen molar-refractivity contribution in [1.29, 1.82) is 0 Å². The van der Waals surface area contributed by atoms with Gasteiger partial charge >= 0.3 is 0 Å². The number of carbonyl (C=O) groups excluding carboxylic acids is 1. The molecule has 116 valence electrons. The molecule has 1 aromatic carbocycles. The number of para-hydroxylation sites is 1. The molecule has 2 N–H and O–H groups in total. The Morgan fingerprint density at radius 1 is 1.33 bits per heavy atom. The zero-order valence-corrected chi connectivity index (χ0v) is 14.3.